The zero-order valence-corrected chi connectivity index (χ0v) is 16.2. The first-order chi connectivity index (χ1) is 12.8. The zero-order valence-electron chi connectivity index (χ0n) is 16.2. The van der Waals surface area contributed by atoms with Crippen molar-refractivity contribution in [2.24, 2.45) is 0 Å². The van der Waals surface area contributed by atoms with Gasteiger partial charge in [0.1, 0.15) is 6.54 Å². The number of hydrogen-bond acceptors (Lipinski definition) is 4. The number of Topliss-reactive ketones (excluding diaryl/α,β-unsaturated/α-hetero) is 1. The van der Waals surface area contributed by atoms with Crippen molar-refractivity contribution >= 4 is 17.7 Å². The molecule has 1 unspecified atom stereocenters. The fourth-order valence-electron chi connectivity index (χ4n) is 2.75. The number of aryl methyl sites for hydroxylation is 3. The highest BCUT2D eigenvalue weighted by Gasteiger charge is 2.21. The third-order valence-electron chi connectivity index (χ3n) is 4.42. The molecule has 0 aliphatic carbocycles. The minimum Gasteiger partial charge on any atom is -0.453 e. The van der Waals surface area contributed by atoms with Crippen molar-refractivity contribution in [2.45, 2.75) is 40.2 Å². The van der Waals surface area contributed by atoms with E-state index in [1.807, 2.05) is 63.2 Å². The number of esters is 1. The second kappa shape index (κ2) is 9.12. The van der Waals surface area contributed by atoms with Gasteiger partial charge in [-0.2, -0.15) is 0 Å². The summed E-state index contributed by atoms with van der Waals surface area (Å²) >= 11 is 0. The van der Waals surface area contributed by atoms with Crippen LogP contribution in [0.1, 0.15) is 39.5 Å². The summed E-state index contributed by atoms with van der Waals surface area (Å²) in [4.78, 5) is 36.4. The molecule has 27 heavy (non-hydrogen) atoms. The number of carbonyl (C=O) groups excluding carboxylic acids is 3. The first-order valence-electron chi connectivity index (χ1n) is 8.90. The van der Waals surface area contributed by atoms with Crippen LogP contribution in [0.15, 0.2) is 42.5 Å². The molecule has 2 aromatic carbocycles. The van der Waals surface area contributed by atoms with Crippen LogP contribution in [0.4, 0.5) is 0 Å². The highest BCUT2D eigenvalue weighted by atomic mass is 16.5. The number of benzene rings is 2. The van der Waals surface area contributed by atoms with Gasteiger partial charge >= 0.3 is 5.97 Å². The zero-order chi connectivity index (χ0) is 20.0. The number of amides is 1. The molecule has 2 aromatic rings. The van der Waals surface area contributed by atoms with Gasteiger partial charge in [-0.1, -0.05) is 36.4 Å². The summed E-state index contributed by atoms with van der Waals surface area (Å²) in [5.74, 6) is -1.17. The molecule has 0 saturated heterocycles. The van der Waals surface area contributed by atoms with Crippen LogP contribution < -0.4 is 5.32 Å². The van der Waals surface area contributed by atoms with E-state index in [-0.39, 0.29) is 24.7 Å². The number of ketones is 1. The van der Waals surface area contributed by atoms with E-state index in [0.717, 1.165) is 22.3 Å². The fourth-order valence-corrected chi connectivity index (χ4v) is 2.75. The summed E-state index contributed by atoms with van der Waals surface area (Å²) in [6, 6.07) is 13.0. The highest BCUT2D eigenvalue weighted by molar-refractivity contribution is 6.01. The number of ether oxygens (including phenoxy) is 1. The minimum atomic E-state index is -0.913. The van der Waals surface area contributed by atoms with Gasteiger partial charge in [0.2, 0.25) is 11.7 Å². The first kappa shape index (κ1) is 20.4. The molecule has 0 aliphatic rings. The van der Waals surface area contributed by atoms with E-state index in [4.69, 9.17) is 4.74 Å². The molecule has 0 radical (unpaired) electrons. The van der Waals surface area contributed by atoms with Gasteiger partial charge in [-0.3, -0.25) is 14.4 Å². The van der Waals surface area contributed by atoms with Crippen LogP contribution in [-0.4, -0.2) is 30.3 Å². The molecule has 0 fully saturated rings. The maximum absolute atomic E-state index is 12.6. The number of rotatable bonds is 7. The van der Waals surface area contributed by atoms with Gasteiger partial charge in [0.25, 0.3) is 0 Å². The summed E-state index contributed by atoms with van der Waals surface area (Å²) in [6.45, 7) is 7.05. The van der Waals surface area contributed by atoms with E-state index >= 15 is 0 Å². The van der Waals surface area contributed by atoms with Gasteiger partial charge in [0, 0.05) is 5.56 Å². The summed E-state index contributed by atoms with van der Waals surface area (Å²) in [5, 5.41) is 2.52. The number of carbonyl (C=O) groups is 3. The van der Waals surface area contributed by atoms with Gasteiger partial charge in [-0.15, -0.1) is 0 Å². The molecule has 5 heteroatoms. The third-order valence-corrected chi connectivity index (χ3v) is 4.42. The largest absolute Gasteiger partial charge is 0.453 e. The molecule has 1 amide bonds. The Morgan fingerprint density at radius 2 is 1.59 bits per heavy atom. The van der Waals surface area contributed by atoms with E-state index in [0.29, 0.717) is 5.56 Å². The average Bonchev–Trinajstić information content (AvgIpc) is 2.63. The molecule has 0 spiro atoms. The van der Waals surface area contributed by atoms with Crippen LogP contribution in [-0.2, 0) is 20.7 Å². The molecule has 1 atom stereocenters. The average molecular weight is 367 g/mol. The molecule has 0 aliphatic heterocycles. The first-order valence-corrected chi connectivity index (χ1v) is 8.90. The Balaban J connectivity index is 1.87. The Hall–Kier alpha value is -2.95. The quantitative estimate of drug-likeness (QED) is 0.603. The Bertz CT molecular complexity index is 843. The van der Waals surface area contributed by atoms with Crippen molar-refractivity contribution in [3.05, 3.63) is 70.3 Å². The van der Waals surface area contributed by atoms with Crippen molar-refractivity contribution in [2.75, 3.05) is 6.54 Å². The summed E-state index contributed by atoms with van der Waals surface area (Å²) in [6.07, 6.45) is -0.728. The van der Waals surface area contributed by atoms with E-state index < -0.39 is 12.1 Å². The predicted molar refractivity (Wildman–Crippen MR) is 104 cm³/mol. The molecule has 142 valence electrons. The number of nitrogens with one attached hydrogen (secondary N) is 1. The van der Waals surface area contributed by atoms with Crippen LogP contribution in [0, 0.1) is 20.8 Å². The summed E-state index contributed by atoms with van der Waals surface area (Å²) in [5.41, 5.74) is 4.37. The van der Waals surface area contributed by atoms with Crippen molar-refractivity contribution in [1.29, 1.82) is 0 Å². The Kier molecular flexibility index (Phi) is 6.88. The second-order valence-corrected chi connectivity index (χ2v) is 6.69. The molecule has 0 aromatic heterocycles. The van der Waals surface area contributed by atoms with E-state index in [1.165, 1.54) is 0 Å². The van der Waals surface area contributed by atoms with Gasteiger partial charge in [-0.25, -0.2) is 0 Å². The van der Waals surface area contributed by atoms with Gasteiger partial charge < -0.3 is 10.1 Å². The lowest BCUT2D eigenvalue weighted by atomic mass is 9.96. The Morgan fingerprint density at radius 3 is 2.26 bits per heavy atom. The Morgan fingerprint density at radius 1 is 0.963 bits per heavy atom. The maximum atomic E-state index is 12.6. The summed E-state index contributed by atoms with van der Waals surface area (Å²) < 4.78 is 5.19. The topological polar surface area (TPSA) is 72.5 Å². The molecule has 1 N–H and O–H groups in total. The lowest BCUT2D eigenvalue weighted by molar-refractivity contribution is -0.146. The molecular formula is C22H25NO4. The number of hydrogen-bond donors (Lipinski definition) is 1. The SMILES string of the molecule is Cc1cc(C)c(C(=O)C(C)OC(=O)CNC(=O)Cc2ccccc2)cc1C. The van der Waals surface area contributed by atoms with Gasteiger partial charge in [0.05, 0.1) is 6.42 Å². The van der Waals surface area contributed by atoms with Crippen molar-refractivity contribution in [3.63, 3.8) is 0 Å². The fraction of sp³-hybridized carbons (Fsp3) is 0.318. The lowest BCUT2D eigenvalue weighted by Crippen LogP contribution is -2.34. The standard InChI is InChI=1S/C22H25NO4/c1-14-10-16(3)19(11-15(14)2)22(26)17(4)27-21(25)13-23-20(24)12-18-8-6-5-7-9-18/h5-11,17H,12-13H2,1-4H3,(H,23,24). The van der Waals surface area contributed by atoms with Crippen LogP contribution in [0.2, 0.25) is 0 Å². The van der Waals surface area contributed by atoms with Crippen molar-refractivity contribution in [1.82, 2.24) is 5.32 Å². The van der Waals surface area contributed by atoms with Crippen LogP contribution in [0.25, 0.3) is 0 Å². The predicted octanol–water partition coefficient (Wildman–Crippen LogP) is 3.09. The van der Waals surface area contributed by atoms with E-state index in [9.17, 15) is 14.4 Å². The smallest absolute Gasteiger partial charge is 0.326 e. The Labute approximate surface area is 159 Å². The minimum absolute atomic E-state index is 0.185. The van der Waals surface area contributed by atoms with Crippen LogP contribution >= 0.6 is 0 Å². The summed E-state index contributed by atoms with van der Waals surface area (Å²) in [7, 11) is 0. The van der Waals surface area contributed by atoms with Crippen molar-refractivity contribution in [3.8, 4) is 0 Å². The maximum Gasteiger partial charge on any atom is 0.326 e. The molecule has 5 nitrogen and oxygen atoms in total. The molecule has 2 rings (SSSR count). The van der Waals surface area contributed by atoms with Gasteiger partial charge in [0.15, 0.2) is 6.10 Å². The molecule has 0 saturated carbocycles. The van der Waals surface area contributed by atoms with Crippen molar-refractivity contribution < 1.29 is 19.1 Å². The van der Waals surface area contributed by atoms with Gasteiger partial charge in [-0.05, 0) is 56.0 Å². The monoisotopic (exact) mass is 367 g/mol. The van der Waals surface area contributed by atoms with Crippen LogP contribution in [0.5, 0.6) is 0 Å². The lowest BCUT2D eigenvalue weighted by Gasteiger charge is -2.15. The highest BCUT2D eigenvalue weighted by Crippen LogP contribution is 2.18. The van der Waals surface area contributed by atoms with E-state index in [2.05, 4.69) is 5.32 Å². The second-order valence-electron chi connectivity index (χ2n) is 6.69. The normalized spacial score (nSPS) is 11.6. The third kappa shape index (κ3) is 5.78. The van der Waals surface area contributed by atoms with Crippen LogP contribution in [0.3, 0.4) is 0 Å². The molecular weight excluding hydrogens is 342 g/mol. The van der Waals surface area contributed by atoms with E-state index in [1.54, 1.807) is 6.92 Å². The molecule has 0 bridgehead atoms. The molecule has 0 heterocycles.